The van der Waals surface area contributed by atoms with Gasteiger partial charge in [-0.1, -0.05) is 11.6 Å². The van der Waals surface area contributed by atoms with Gasteiger partial charge in [0.05, 0.1) is 11.7 Å². The molecule has 0 amide bonds. The number of hydrogen-bond acceptors (Lipinski definition) is 4. The van der Waals surface area contributed by atoms with Crippen LogP contribution in [0.25, 0.3) is 0 Å². The Morgan fingerprint density at radius 3 is 2.47 bits per heavy atom. The van der Waals surface area contributed by atoms with Crippen molar-refractivity contribution in [1.29, 1.82) is 0 Å². The van der Waals surface area contributed by atoms with Crippen molar-refractivity contribution in [3.8, 4) is 0 Å². The fourth-order valence-electron chi connectivity index (χ4n) is 1.42. The van der Waals surface area contributed by atoms with E-state index in [-0.39, 0.29) is 29.2 Å². The molecule has 0 spiro atoms. The Kier molecular flexibility index (Phi) is 4.89. The summed E-state index contributed by atoms with van der Waals surface area (Å²) in [4.78, 5) is 10.8. The Labute approximate surface area is 103 Å². The van der Waals surface area contributed by atoms with Crippen LogP contribution in [0.2, 0.25) is 5.02 Å². The minimum absolute atomic E-state index is 0.00388. The molecule has 1 rings (SSSR count). The zero-order chi connectivity index (χ0) is 13.0. The smallest absolute Gasteiger partial charge is 0.335 e. The lowest BCUT2D eigenvalue weighted by atomic mass is 10.0. The van der Waals surface area contributed by atoms with Crippen molar-refractivity contribution in [2.45, 2.75) is 18.6 Å². The highest BCUT2D eigenvalue weighted by Crippen LogP contribution is 2.24. The molecule has 0 aliphatic carbocycles. The average molecular weight is 261 g/mol. The topological polar surface area (TPSA) is 98.0 Å². The Hall–Kier alpha value is -1.14. The summed E-state index contributed by atoms with van der Waals surface area (Å²) < 4.78 is 0. The summed E-state index contributed by atoms with van der Waals surface area (Å²) in [6.45, 7) is -0.273. The Bertz CT molecular complexity index is 407. The molecule has 0 bridgehead atoms. The van der Waals surface area contributed by atoms with Gasteiger partial charge in [0.2, 0.25) is 0 Å². The van der Waals surface area contributed by atoms with Crippen LogP contribution in [0.4, 0.5) is 0 Å². The molecule has 1 aromatic carbocycles. The fraction of sp³-hybridized carbons (Fsp3) is 0.364. The van der Waals surface area contributed by atoms with E-state index in [4.69, 9.17) is 21.8 Å². The number of rotatable bonds is 5. The van der Waals surface area contributed by atoms with Gasteiger partial charge in [0.25, 0.3) is 0 Å². The van der Waals surface area contributed by atoms with Gasteiger partial charge < -0.3 is 20.4 Å². The number of benzene rings is 1. The van der Waals surface area contributed by atoms with Gasteiger partial charge in [-0.05, 0) is 30.2 Å². The zero-order valence-electron chi connectivity index (χ0n) is 8.88. The van der Waals surface area contributed by atoms with E-state index in [1.54, 1.807) is 0 Å². The Morgan fingerprint density at radius 1 is 1.29 bits per heavy atom. The molecule has 0 aliphatic heterocycles. The van der Waals surface area contributed by atoms with E-state index < -0.39 is 18.2 Å². The van der Waals surface area contributed by atoms with Crippen LogP contribution in [0.3, 0.4) is 0 Å². The van der Waals surface area contributed by atoms with Crippen molar-refractivity contribution < 1.29 is 25.2 Å². The Morgan fingerprint density at radius 2 is 1.94 bits per heavy atom. The number of aliphatic hydroxyl groups is 3. The second-order valence-corrected chi connectivity index (χ2v) is 4.04. The van der Waals surface area contributed by atoms with E-state index in [1.165, 1.54) is 18.2 Å². The van der Waals surface area contributed by atoms with E-state index in [0.29, 0.717) is 0 Å². The highest BCUT2D eigenvalue weighted by Gasteiger charge is 2.19. The minimum atomic E-state index is -1.28. The molecule has 17 heavy (non-hydrogen) atoms. The molecule has 4 N–H and O–H groups in total. The summed E-state index contributed by atoms with van der Waals surface area (Å²) in [6.07, 6.45) is -2.45. The number of hydrogen-bond donors (Lipinski definition) is 4. The molecule has 6 heteroatoms. The first kappa shape index (κ1) is 13.9. The van der Waals surface area contributed by atoms with Gasteiger partial charge in [0.15, 0.2) is 0 Å². The summed E-state index contributed by atoms with van der Waals surface area (Å²) in [6, 6.07) is 3.86. The molecule has 5 nitrogen and oxygen atoms in total. The lowest BCUT2D eigenvalue weighted by Crippen LogP contribution is -2.19. The number of halogens is 1. The van der Waals surface area contributed by atoms with Crippen LogP contribution < -0.4 is 0 Å². The third-order valence-corrected chi connectivity index (χ3v) is 2.52. The van der Waals surface area contributed by atoms with Crippen LogP contribution in [0.5, 0.6) is 0 Å². The lowest BCUT2D eigenvalue weighted by Gasteiger charge is -2.17. The summed E-state index contributed by atoms with van der Waals surface area (Å²) >= 11 is 5.71. The number of carboxylic acid groups (broad SMARTS) is 1. The van der Waals surface area contributed by atoms with Gasteiger partial charge in [-0.2, -0.15) is 0 Å². The molecule has 2 unspecified atom stereocenters. The largest absolute Gasteiger partial charge is 0.478 e. The molecule has 0 saturated heterocycles. The van der Waals surface area contributed by atoms with Gasteiger partial charge in [-0.3, -0.25) is 0 Å². The van der Waals surface area contributed by atoms with E-state index in [1.807, 2.05) is 0 Å². The second kappa shape index (κ2) is 5.97. The normalized spacial score (nSPS) is 14.4. The quantitative estimate of drug-likeness (QED) is 0.628. The van der Waals surface area contributed by atoms with E-state index >= 15 is 0 Å². The van der Waals surface area contributed by atoms with Crippen LogP contribution >= 0.6 is 11.6 Å². The fourth-order valence-corrected chi connectivity index (χ4v) is 1.66. The molecule has 0 aromatic heterocycles. The summed E-state index contributed by atoms with van der Waals surface area (Å²) in [7, 11) is 0. The van der Waals surface area contributed by atoms with Gasteiger partial charge in [0, 0.05) is 11.6 Å². The number of aliphatic hydroxyl groups excluding tert-OH is 3. The molecular formula is C11H13ClO5. The van der Waals surface area contributed by atoms with Crippen LogP contribution in [-0.2, 0) is 0 Å². The predicted octanol–water partition coefficient (Wildman–Crippen LogP) is 0.815. The number of carboxylic acids is 1. The van der Waals surface area contributed by atoms with Gasteiger partial charge in [-0.25, -0.2) is 4.79 Å². The van der Waals surface area contributed by atoms with Crippen molar-refractivity contribution in [3.63, 3.8) is 0 Å². The maximum atomic E-state index is 10.8. The molecule has 0 fully saturated rings. The number of carbonyl (C=O) groups is 1. The zero-order valence-corrected chi connectivity index (χ0v) is 9.63. The summed E-state index contributed by atoms with van der Waals surface area (Å²) in [5.74, 6) is -1.17. The van der Waals surface area contributed by atoms with Crippen molar-refractivity contribution in [3.05, 3.63) is 34.3 Å². The average Bonchev–Trinajstić information content (AvgIpc) is 2.27. The lowest BCUT2D eigenvalue weighted by molar-refractivity contribution is 0.00415. The molecule has 0 saturated carbocycles. The second-order valence-electron chi connectivity index (χ2n) is 3.60. The molecule has 0 heterocycles. The third-order valence-electron chi connectivity index (χ3n) is 2.30. The SMILES string of the molecule is O=C(O)c1cc(Cl)cc(C(O)C(O)CCO)c1. The first-order chi connectivity index (χ1) is 7.95. The van der Waals surface area contributed by atoms with E-state index in [2.05, 4.69) is 0 Å². The summed E-state index contributed by atoms with van der Waals surface area (Å²) in [5.41, 5.74) is 0.138. The molecule has 0 radical (unpaired) electrons. The maximum absolute atomic E-state index is 10.8. The highest BCUT2D eigenvalue weighted by atomic mass is 35.5. The van der Waals surface area contributed by atoms with Crippen molar-refractivity contribution in [1.82, 2.24) is 0 Å². The molecular weight excluding hydrogens is 248 g/mol. The Balaban J connectivity index is 3.01. The van der Waals surface area contributed by atoms with Crippen molar-refractivity contribution >= 4 is 17.6 Å². The van der Waals surface area contributed by atoms with Gasteiger partial charge >= 0.3 is 5.97 Å². The van der Waals surface area contributed by atoms with E-state index in [9.17, 15) is 15.0 Å². The minimum Gasteiger partial charge on any atom is -0.478 e. The van der Waals surface area contributed by atoms with Crippen LogP contribution in [0.15, 0.2) is 18.2 Å². The van der Waals surface area contributed by atoms with Crippen molar-refractivity contribution in [2.75, 3.05) is 6.61 Å². The van der Waals surface area contributed by atoms with E-state index in [0.717, 1.165) is 0 Å². The predicted molar refractivity (Wildman–Crippen MR) is 61.1 cm³/mol. The molecule has 94 valence electrons. The molecule has 2 atom stereocenters. The van der Waals surface area contributed by atoms with Crippen LogP contribution in [0, 0.1) is 0 Å². The maximum Gasteiger partial charge on any atom is 0.335 e. The first-order valence-electron chi connectivity index (χ1n) is 4.96. The third kappa shape index (κ3) is 3.67. The van der Waals surface area contributed by atoms with Crippen LogP contribution in [-0.4, -0.2) is 39.1 Å². The monoisotopic (exact) mass is 260 g/mol. The van der Waals surface area contributed by atoms with Crippen LogP contribution in [0.1, 0.15) is 28.4 Å². The molecule has 1 aromatic rings. The van der Waals surface area contributed by atoms with Crippen molar-refractivity contribution in [2.24, 2.45) is 0 Å². The standard InChI is InChI=1S/C11H13ClO5/c12-8-4-6(3-7(5-8)11(16)17)10(15)9(14)1-2-13/h3-5,9-10,13-15H,1-2H2,(H,16,17). The summed E-state index contributed by atoms with van der Waals surface area (Å²) in [5, 5.41) is 36.8. The number of aromatic carboxylic acids is 1. The first-order valence-corrected chi connectivity index (χ1v) is 5.34. The van der Waals surface area contributed by atoms with Gasteiger partial charge in [0.1, 0.15) is 6.10 Å². The van der Waals surface area contributed by atoms with Gasteiger partial charge in [-0.15, -0.1) is 0 Å². The molecule has 0 aliphatic rings. The highest BCUT2D eigenvalue weighted by molar-refractivity contribution is 6.31.